The quantitative estimate of drug-likeness (QED) is 0.851. The predicted molar refractivity (Wildman–Crippen MR) is 76.4 cm³/mol. The number of benzene rings is 1. The molecule has 1 N–H and O–H groups in total. The Bertz CT molecular complexity index is 685. The van der Waals surface area contributed by atoms with Crippen molar-refractivity contribution in [2.45, 2.75) is 26.3 Å². The normalized spacial score (nSPS) is 12.1. The molecule has 0 saturated heterocycles. The summed E-state index contributed by atoms with van der Waals surface area (Å²) in [6.45, 7) is 4.27. The molecule has 0 unspecified atom stereocenters. The van der Waals surface area contributed by atoms with Crippen LogP contribution in [-0.4, -0.2) is 32.7 Å². The highest BCUT2D eigenvalue weighted by molar-refractivity contribution is 7.92. The molecule has 0 saturated carbocycles. The molecule has 0 bridgehead atoms. The largest absolute Gasteiger partial charge is 0.350 e. The number of hydrogen-bond donors (Lipinski definition) is 1. The molecule has 0 fully saturated rings. The van der Waals surface area contributed by atoms with E-state index in [1.54, 1.807) is 20.8 Å². The number of carbonyl (C=O) groups is 1. The van der Waals surface area contributed by atoms with E-state index in [1.165, 1.54) is 0 Å². The summed E-state index contributed by atoms with van der Waals surface area (Å²) in [4.78, 5) is 11.8. The van der Waals surface area contributed by atoms with Gasteiger partial charge in [-0.05, 0) is 32.9 Å². The number of nitrogens with one attached hydrogen (secondary N) is 1. The summed E-state index contributed by atoms with van der Waals surface area (Å²) in [5.41, 5.74) is -1.36. The summed E-state index contributed by atoms with van der Waals surface area (Å²) in [6, 6.07) is 1.35. The van der Waals surface area contributed by atoms with Crippen LogP contribution < -0.4 is 9.62 Å². The first-order chi connectivity index (χ1) is 9.83. The monoisotopic (exact) mass is 338 g/mol. The van der Waals surface area contributed by atoms with Crippen LogP contribution in [0.3, 0.4) is 0 Å². The molecule has 22 heavy (non-hydrogen) atoms. The first kappa shape index (κ1) is 18.3. The van der Waals surface area contributed by atoms with Gasteiger partial charge in [0.2, 0.25) is 15.9 Å². The molecule has 0 aromatic heterocycles. The van der Waals surface area contributed by atoms with Crippen molar-refractivity contribution in [2.24, 2.45) is 0 Å². The van der Waals surface area contributed by atoms with Crippen LogP contribution in [0.5, 0.6) is 0 Å². The minimum atomic E-state index is -4.08. The summed E-state index contributed by atoms with van der Waals surface area (Å²) < 4.78 is 63.9. The van der Waals surface area contributed by atoms with Crippen LogP contribution in [0, 0.1) is 17.5 Å². The molecule has 1 aromatic rings. The molecule has 0 spiro atoms. The van der Waals surface area contributed by atoms with E-state index in [2.05, 4.69) is 5.32 Å². The molecule has 5 nitrogen and oxygen atoms in total. The molecule has 0 aliphatic carbocycles. The van der Waals surface area contributed by atoms with Gasteiger partial charge in [0.25, 0.3) is 0 Å². The van der Waals surface area contributed by atoms with E-state index in [0.29, 0.717) is 10.4 Å². The average molecular weight is 338 g/mol. The second kappa shape index (κ2) is 6.15. The van der Waals surface area contributed by atoms with Gasteiger partial charge in [-0.15, -0.1) is 0 Å². The van der Waals surface area contributed by atoms with Crippen LogP contribution in [0.1, 0.15) is 20.8 Å². The number of hydrogen-bond acceptors (Lipinski definition) is 3. The molecule has 0 radical (unpaired) electrons. The minimum Gasteiger partial charge on any atom is -0.350 e. The van der Waals surface area contributed by atoms with E-state index in [-0.39, 0.29) is 0 Å². The molecular formula is C13H17F3N2O3S. The SMILES string of the molecule is CC(C)(C)NC(=O)CN(c1ccc(F)c(F)c1F)S(C)(=O)=O. The zero-order valence-corrected chi connectivity index (χ0v) is 13.4. The van der Waals surface area contributed by atoms with E-state index in [0.717, 1.165) is 12.3 Å². The summed E-state index contributed by atoms with van der Waals surface area (Å²) in [7, 11) is -4.08. The van der Waals surface area contributed by atoms with Gasteiger partial charge in [-0.25, -0.2) is 21.6 Å². The number of halogens is 3. The lowest BCUT2D eigenvalue weighted by atomic mass is 10.1. The molecule has 1 rings (SSSR count). The standard InChI is InChI=1S/C13H17F3N2O3S/c1-13(2,3)17-10(19)7-18(22(4,20)21)9-6-5-8(14)11(15)12(9)16/h5-6H,7H2,1-4H3,(H,17,19). The molecule has 1 amide bonds. The smallest absolute Gasteiger partial charge is 0.241 e. The average Bonchev–Trinajstić information content (AvgIpc) is 2.31. The summed E-state index contributed by atoms with van der Waals surface area (Å²) >= 11 is 0. The van der Waals surface area contributed by atoms with Crippen LogP contribution >= 0.6 is 0 Å². The molecule has 9 heteroatoms. The Hall–Kier alpha value is -1.77. The second-order valence-corrected chi connectivity index (χ2v) is 7.67. The lowest BCUT2D eigenvalue weighted by Gasteiger charge is -2.26. The van der Waals surface area contributed by atoms with Crippen LogP contribution in [0.15, 0.2) is 12.1 Å². The lowest BCUT2D eigenvalue weighted by molar-refractivity contribution is -0.121. The van der Waals surface area contributed by atoms with Crippen molar-refractivity contribution >= 4 is 21.6 Å². The summed E-state index contributed by atoms with van der Waals surface area (Å²) in [6.07, 6.45) is 0.734. The van der Waals surface area contributed by atoms with Crippen molar-refractivity contribution in [3.63, 3.8) is 0 Å². The Balaban J connectivity index is 3.22. The minimum absolute atomic E-state index is 0.381. The fourth-order valence-electron chi connectivity index (χ4n) is 1.68. The van der Waals surface area contributed by atoms with Gasteiger partial charge in [0, 0.05) is 5.54 Å². The Labute approximate surface area is 127 Å². The first-order valence-corrected chi connectivity index (χ1v) is 8.10. The summed E-state index contributed by atoms with van der Waals surface area (Å²) in [5, 5.41) is 2.50. The van der Waals surface area contributed by atoms with Gasteiger partial charge in [-0.2, -0.15) is 0 Å². The highest BCUT2D eigenvalue weighted by Crippen LogP contribution is 2.25. The second-order valence-electron chi connectivity index (χ2n) is 5.76. The Morgan fingerprint density at radius 3 is 2.18 bits per heavy atom. The van der Waals surface area contributed by atoms with Gasteiger partial charge in [0.15, 0.2) is 17.5 Å². The van der Waals surface area contributed by atoms with Gasteiger partial charge in [0.05, 0.1) is 11.9 Å². The van der Waals surface area contributed by atoms with Crippen LogP contribution in [-0.2, 0) is 14.8 Å². The van der Waals surface area contributed by atoms with E-state index in [1.807, 2.05) is 0 Å². The molecule has 1 aromatic carbocycles. The third-order valence-corrected chi connectivity index (χ3v) is 3.61. The number of amides is 1. The number of carbonyl (C=O) groups excluding carboxylic acids is 1. The zero-order valence-electron chi connectivity index (χ0n) is 12.6. The highest BCUT2D eigenvalue weighted by Gasteiger charge is 2.27. The maximum Gasteiger partial charge on any atom is 0.241 e. The van der Waals surface area contributed by atoms with Crippen LogP contribution in [0.25, 0.3) is 0 Å². The molecular weight excluding hydrogens is 321 g/mol. The topological polar surface area (TPSA) is 66.5 Å². The molecule has 0 aliphatic heterocycles. The van der Waals surface area contributed by atoms with Gasteiger partial charge >= 0.3 is 0 Å². The maximum absolute atomic E-state index is 13.8. The van der Waals surface area contributed by atoms with E-state index in [9.17, 15) is 26.4 Å². The fourth-order valence-corrected chi connectivity index (χ4v) is 2.53. The van der Waals surface area contributed by atoms with Crippen LogP contribution in [0.2, 0.25) is 0 Å². The van der Waals surface area contributed by atoms with Crippen molar-refractivity contribution in [1.29, 1.82) is 0 Å². The Kier molecular flexibility index (Phi) is 5.11. The van der Waals surface area contributed by atoms with E-state index < -0.39 is 51.2 Å². The maximum atomic E-state index is 13.8. The van der Waals surface area contributed by atoms with Crippen LogP contribution in [0.4, 0.5) is 18.9 Å². The van der Waals surface area contributed by atoms with Crippen molar-refractivity contribution in [3.05, 3.63) is 29.6 Å². The Morgan fingerprint density at radius 2 is 1.73 bits per heavy atom. The number of anilines is 1. The zero-order chi connectivity index (χ0) is 17.3. The summed E-state index contributed by atoms with van der Waals surface area (Å²) in [5.74, 6) is -5.63. The van der Waals surface area contributed by atoms with Crippen molar-refractivity contribution < 1.29 is 26.4 Å². The number of nitrogens with zero attached hydrogens (tertiary/aromatic N) is 1. The van der Waals surface area contributed by atoms with Crippen molar-refractivity contribution in [3.8, 4) is 0 Å². The highest BCUT2D eigenvalue weighted by atomic mass is 32.2. The number of rotatable bonds is 4. The third-order valence-electron chi connectivity index (χ3n) is 2.49. The third kappa shape index (κ3) is 4.62. The predicted octanol–water partition coefficient (Wildman–Crippen LogP) is 1.78. The number of sulfonamides is 1. The Morgan fingerprint density at radius 1 is 1.18 bits per heavy atom. The fraction of sp³-hybridized carbons (Fsp3) is 0.462. The van der Waals surface area contributed by atoms with Crippen molar-refractivity contribution in [2.75, 3.05) is 17.1 Å². The molecule has 0 atom stereocenters. The van der Waals surface area contributed by atoms with Crippen molar-refractivity contribution in [1.82, 2.24) is 5.32 Å². The first-order valence-electron chi connectivity index (χ1n) is 6.25. The van der Waals surface area contributed by atoms with E-state index in [4.69, 9.17) is 0 Å². The van der Waals surface area contributed by atoms with Gasteiger partial charge in [-0.1, -0.05) is 0 Å². The van der Waals surface area contributed by atoms with E-state index >= 15 is 0 Å². The lowest BCUT2D eigenvalue weighted by Crippen LogP contribution is -2.47. The van der Waals surface area contributed by atoms with Gasteiger partial charge in [-0.3, -0.25) is 9.10 Å². The van der Waals surface area contributed by atoms with Gasteiger partial charge in [0.1, 0.15) is 6.54 Å². The molecule has 0 aliphatic rings. The van der Waals surface area contributed by atoms with Gasteiger partial charge < -0.3 is 5.32 Å². The molecule has 124 valence electrons. The molecule has 0 heterocycles.